The maximum atomic E-state index is 2.36. The highest BCUT2D eigenvalue weighted by atomic mass is 14.3. The molecule has 0 heteroatoms. The van der Waals surface area contributed by atoms with Gasteiger partial charge in [0.2, 0.25) is 0 Å². The molecule has 0 bridgehead atoms. The zero-order valence-electron chi connectivity index (χ0n) is 14.4. The van der Waals surface area contributed by atoms with Gasteiger partial charge >= 0.3 is 0 Å². The van der Waals surface area contributed by atoms with Crippen molar-refractivity contribution in [1.29, 1.82) is 0 Å². The molecule has 120 valence electrons. The van der Waals surface area contributed by atoms with Gasteiger partial charge in [0.15, 0.2) is 0 Å². The summed E-state index contributed by atoms with van der Waals surface area (Å²) >= 11 is 0. The number of hydrogen-bond acceptors (Lipinski definition) is 0. The van der Waals surface area contributed by atoms with Crippen molar-refractivity contribution in [3.63, 3.8) is 0 Å². The van der Waals surface area contributed by atoms with Gasteiger partial charge in [0.25, 0.3) is 0 Å². The van der Waals surface area contributed by atoms with Crippen LogP contribution in [-0.2, 0) is 0 Å². The fourth-order valence-corrected chi connectivity index (χ4v) is 4.32. The Kier molecular flexibility index (Phi) is 3.98. The summed E-state index contributed by atoms with van der Waals surface area (Å²) in [6.07, 6.45) is 1.22. The molecule has 3 aromatic rings. The summed E-state index contributed by atoms with van der Waals surface area (Å²) in [6, 6.07) is 28.9. The van der Waals surface area contributed by atoms with Crippen LogP contribution in [0.25, 0.3) is 0 Å². The predicted octanol–water partition coefficient (Wildman–Crippen LogP) is 6.48. The zero-order valence-corrected chi connectivity index (χ0v) is 14.4. The van der Waals surface area contributed by atoms with Crippen LogP contribution < -0.4 is 0 Å². The molecular weight excluding hydrogens is 288 g/mol. The lowest BCUT2D eigenvalue weighted by Crippen LogP contribution is -2.05. The van der Waals surface area contributed by atoms with Gasteiger partial charge in [-0.25, -0.2) is 0 Å². The van der Waals surface area contributed by atoms with Crippen molar-refractivity contribution in [2.45, 2.75) is 38.0 Å². The van der Waals surface area contributed by atoms with Crippen LogP contribution >= 0.6 is 0 Å². The smallest absolute Gasteiger partial charge is 0.0101 e. The zero-order chi connectivity index (χ0) is 16.5. The quantitative estimate of drug-likeness (QED) is 0.519. The second-order valence-electron chi connectivity index (χ2n) is 7.08. The van der Waals surface area contributed by atoms with Crippen molar-refractivity contribution in [3.8, 4) is 0 Å². The third-order valence-corrected chi connectivity index (χ3v) is 5.63. The summed E-state index contributed by atoms with van der Waals surface area (Å²) in [5.41, 5.74) is 7.43. The van der Waals surface area contributed by atoms with Crippen LogP contribution in [0.5, 0.6) is 0 Å². The minimum Gasteiger partial charge on any atom is -0.0622 e. The van der Waals surface area contributed by atoms with Crippen molar-refractivity contribution < 1.29 is 0 Å². The molecule has 0 aromatic heterocycles. The van der Waals surface area contributed by atoms with Crippen molar-refractivity contribution in [3.05, 3.63) is 107 Å². The van der Waals surface area contributed by atoms with Gasteiger partial charge in [0, 0.05) is 11.8 Å². The van der Waals surface area contributed by atoms with Crippen LogP contribution in [0, 0.1) is 0 Å². The van der Waals surface area contributed by atoms with E-state index in [-0.39, 0.29) is 0 Å². The van der Waals surface area contributed by atoms with Crippen LogP contribution in [0.2, 0.25) is 0 Å². The van der Waals surface area contributed by atoms with Crippen molar-refractivity contribution in [2.24, 2.45) is 0 Å². The Labute approximate surface area is 145 Å². The van der Waals surface area contributed by atoms with E-state index >= 15 is 0 Å². The van der Waals surface area contributed by atoms with Crippen LogP contribution in [0.3, 0.4) is 0 Å². The van der Waals surface area contributed by atoms with Gasteiger partial charge in [-0.05, 0) is 40.2 Å². The molecule has 0 aliphatic heterocycles. The van der Waals surface area contributed by atoms with Gasteiger partial charge in [-0.3, -0.25) is 0 Å². The van der Waals surface area contributed by atoms with E-state index in [1.807, 2.05) is 0 Å². The maximum absolute atomic E-state index is 2.36. The molecule has 0 unspecified atom stereocenters. The van der Waals surface area contributed by atoms with Gasteiger partial charge in [0.05, 0.1) is 0 Å². The van der Waals surface area contributed by atoms with E-state index in [1.165, 1.54) is 34.2 Å². The van der Waals surface area contributed by atoms with Crippen LogP contribution in [0.1, 0.15) is 65.8 Å². The minimum atomic E-state index is 0.422. The predicted molar refractivity (Wildman–Crippen MR) is 102 cm³/mol. The number of benzene rings is 3. The molecule has 3 atom stereocenters. The first-order chi connectivity index (χ1) is 11.8. The Morgan fingerprint density at radius 2 is 1.29 bits per heavy atom. The topological polar surface area (TPSA) is 0 Å². The number of rotatable bonds is 3. The van der Waals surface area contributed by atoms with Crippen molar-refractivity contribution >= 4 is 0 Å². The van der Waals surface area contributed by atoms with E-state index in [1.54, 1.807) is 0 Å². The lowest BCUT2D eigenvalue weighted by atomic mass is 9.82. The summed E-state index contributed by atoms with van der Waals surface area (Å²) < 4.78 is 0. The van der Waals surface area contributed by atoms with E-state index in [0.29, 0.717) is 17.8 Å². The molecule has 0 fully saturated rings. The molecule has 1 aliphatic carbocycles. The Bertz CT molecular complexity index is 831. The van der Waals surface area contributed by atoms with Crippen LogP contribution in [-0.4, -0.2) is 0 Å². The first-order valence-corrected chi connectivity index (χ1v) is 8.98. The molecule has 0 amide bonds. The highest BCUT2D eigenvalue weighted by Gasteiger charge is 2.30. The second-order valence-corrected chi connectivity index (χ2v) is 7.08. The summed E-state index contributed by atoms with van der Waals surface area (Å²) in [6.45, 7) is 4.69. The Morgan fingerprint density at radius 3 is 2.04 bits per heavy atom. The van der Waals surface area contributed by atoms with Crippen molar-refractivity contribution in [1.82, 2.24) is 0 Å². The minimum absolute atomic E-state index is 0.422. The fourth-order valence-electron chi connectivity index (χ4n) is 4.32. The number of fused-ring (bicyclic) bond motifs is 1. The molecule has 0 spiro atoms. The van der Waals surface area contributed by atoms with Gasteiger partial charge in [0.1, 0.15) is 0 Å². The highest BCUT2D eigenvalue weighted by molar-refractivity contribution is 5.49. The van der Waals surface area contributed by atoms with E-state index in [9.17, 15) is 0 Å². The molecule has 0 saturated heterocycles. The molecule has 1 aliphatic rings. The van der Waals surface area contributed by atoms with Crippen molar-refractivity contribution in [2.75, 3.05) is 0 Å². The molecule has 0 N–H and O–H groups in total. The summed E-state index contributed by atoms with van der Waals surface area (Å²) in [4.78, 5) is 0. The highest BCUT2D eigenvalue weighted by Crippen LogP contribution is 2.47. The monoisotopic (exact) mass is 312 g/mol. The molecule has 0 radical (unpaired) electrons. The molecule has 0 nitrogen and oxygen atoms in total. The molecule has 3 aromatic carbocycles. The summed E-state index contributed by atoms with van der Waals surface area (Å²) in [5, 5.41) is 0. The maximum Gasteiger partial charge on any atom is 0.0101 e. The first kappa shape index (κ1) is 15.2. The first-order valence-electron chi connectivity index (χ1n) is 8.98. The summed E-state index contributed by atoms with van der Waals surface area (Å²) in [5.74, 6) is 1.59. The largest absolute Gasteiger partial charge is 0.0622 e. The van der Waals surface area contributed by atoms with Crippen LogP contribution in [0.4, 0.5) is 0 Å². The lowest BCUT2D eigenvalue weighted by molar-refractivity contribution is 0.678. The Hall–Kier alpha value is -2.34. The van der Waals surface area contributed by atoms with E-state index in [2.05, 4.69) is 92.7 Å². The van der Waals surface area contributed by atoms with Gasteiger partial charge in [-0.2, -0.15) is 0 Å². The van der Waals surface area contributed by atoms with Crippen LogP contribution in [0.15, 0.2) is 78.9 Å². The second kappa shape index (κ2) is 6.28. The van der Waals surface area contributed by atoms with Gasteiger partial charge < -0.3 is 0 Å². The summed E-state index contributed by atoms with van der Waals surface area (Å²) in [7, 11) is 0. The van der Waals surface area contributed by atoms with E-state index in [4.69, 9.17) is 0 Å². The van der Waals surface area contributed by atoms with E-state index < -0.39 is 0 Å². The molecule has 4 rings (SSSR count). The third-order valence-electron chi connectivity index (χ3n) is 5.63. The molecule has 0 heterocycles. The fraction of sp³-hybridized carbons (Fsp3) is 0.250. The van der Waals surface area contributed by atoms with E-state index in [0.717, 1.165) is 0 Å². The average molecular weight is 312 g/mol. The Morgan fingerprint density at radius 1 is 0.708 bits per heavy atom. The number of hydrogen-bond donors (Lipinski definition) is 0. The SMILES string of the molecule is C[C@H](c1ccccc1)c1ccccc1[C@@H]1C[C@@H](C)c2ccccc21. The lowest BCUT2D eigenvalue weighted by Gasteiger charge is -2.22. The average Bonchev–Trinajstić information content (AvgIpc) is 2.99. The van der Waals surface area contributed by atoms with Gasteiger partial charge in [-0.15, -0.1) is 0 Å². The molecular formula is C24H24. The third kappa shape index (κ3) is 2.57. The van der Waals surface area contributed by atoms with Gasteiger partial charge in [-0.1, -0.05) is 92.7 Å². The normalized spacial score (nSPS) is 20.6. The molecule has 24 heavy (non-hydrogen) atoms. The molecule has 0 saturated carbocycles. The Balaban J connectivity index is 1.79. The standard InChI is InChI=1S/C24H24/c1-17-16-24(22-14-8-6-12-20(17)22)23-15-9-7-13-21(23)18(2)19-10-4-3-5-11-19/h3-15,17-18,24H,16H2,1-2H3/t17-,18-,24-/m1/s1.